The molecule has 0 unspecified atom stereocenters. The van der Waals surface area contributed by atoms with E-state index in [9.17, 15) is 0 Å². The third-order valence-electron chi connectivity index (χ3n) is 3.66. The fourth-order valence-corrected chi connectivity index (χ4v) is 2.40. The average molecular weight is 249 g/mol. The van der Waals surface area contributed by atoms with Crippen molar-refractivity contribution in [1.29, 1.82) is 0 Å². The maximum Gasteiger partial charge on any atom is 0.132 e. The van der Waals surface area contributed by atoms with Gasteiger partial charge in [-0.2, -0.15) is 0 Å². The fraction of sp³-hybridized carbons (Fsp3) is 0.692. The Hall–Kier alpha value is -1.20. The van der Waals surface area contributed by atoms with Gasteiger partial charge in [-0.15, -0.1) is 0 Å². The lowest BCUT2D eigenvalue weighted by Crippen LogP contribution is -2.42. The molecule has 5 nitrogen and oxygen atoms in total. The Labute approximate surface area is 109 Å². The highest BCUT2D eigenvalue weighted by atomic mass is 15.2. The Kier molecular flexibility index (Phi) is 4.49. The summed E-state index contributed by atoms with van der Waals surface area (Å²) >= 11 is 0. The molecule has 18 heavy (non-hydrogen) atoms. The molecule has 0 radical (unpaired) electrons. The molecule has 1 aromatic rings. The van der Waals surface area contributed by atoms with E-state index in [1.165, 1.54) is 12.8 Å². The van der Waals surface area contributed by atoms with Crippen molar-refractivity contribution in [3.63, 3.8) is 0 Å². The van der Waals surface area contributed by atoms with Crippen LogP contribution in [0.15, 0.2) is 12.3 Å². The van der Waals surface area contributed by atoms with Crippen LogP contribution in [0, 0.1) is 0 Å². The van der Waals surface area contributed by atoms with Crippen LogP contribution < -0.4 is 10.6 Å². The molecule has 0 spiro atoms. The highest BCUT2D eigenvalue weighted by Crippen LogP contribution is 2.19. The molecule has 1 saturated heterocycles. The molecule has 2 rings (SSSR count). The Bertz CT molecular complexity index is 373. The van der Waals surface area contributed by atoms with Crippen molar-refractivity contribution in [3.05, 3.63) is 18.1 Å². The van der Waals surface area contributed by atoms with Gasteiger partial charge >= 0.3 is 0 Å². The number of nitrogens with two attached hydrogens (primary N) is 1. The van der Waals surface area contributed by atoms with Crippen LogP contribution in [0.3, 0.4) is 0 Å². The van der Waals surface area contributed by atoms with Gasteiger partial charge in [-0.3, -0.25) is 0 Å². The number of anilines is 1. The van der Waals surface area contributed by atoms with Crippen molar-refractivity contribution >= 4 is 5.82 Å². The quantitative estimate of drug-likeness (QED) is 0.842. The van der Waals surface area contributed by atoms with E-state index in [1.807, 2.05) is 12.3 Å². The van der Waals surface area contributed by atoms with Gasteiger partial charge in [0, 0.05) is 25.7 Å². The van der Waals surface area contributed by atoms with Gasteiger partial charge in [0.1, 0.15) is 11.6 Å². The van der Waals surface area contributed by atoms with Gasteiger partial charge in [0.15, 0.2) is 0 Å². The number of aromatic nitrogens is 2. The maximum atomic E-state index is 5.55. The monoisotopic (exact) mass is 249 g/mol. The van der Waals surface area contributed by atoms with Crippen molar-refractivity contribution in [2.75, 3.05) is 38.6 Å². The van der Waals surface area contributed by atoms with Crippen molar-refractivity contribution in [2.45, 2.75) is 25.3 Å². The molecule has 2 N–H and O–H groups in total. The minimum Gasteiger partial charge on any atom is -0.356 e. The van der Waals surface area contributed by atoms with Gasteiger partial charge in [0.2, 0.25) is 0 Å². The Morgan fingerprint density at radius 2 is 2.17 bits per heavy atom. The second kappa shape index (κ2) is 6.11. The molecule has 1 fully saturated rings. The van der Waals surface area contributed by atoms with E-state index in [2.05, 4.69) is 33.9 Å². The van der Waals surface area contributed by atoms with Crippen molar-refractivity contribution in [3.8, 4) is 0 Å². The molecule has 0 saturated carbocycles. The molecule has 1 aromatic heterocycles. The average Bonchev–Trinajstić information content (AvgIpc) is 2.39. The van der Waals surface area contributed by atoms with Crippen molar-refractivity contribution in [1.82, 2.24) is 14.9 Å². The van der Waals surface area contributed by atoms with Gasteiger partial charge in [-0.05, 0) is 45.6 Å². The van der Waals surface area contributed by atoms with Gasteiger partial charge < -0.3 is 15.5 Å². The lowest BCUT2D eigenvalue weighted by Gasteiger charge is -2.35. The zero-order valence-corrected chi connectivity index (χ0v) is 11.3. The van der Waals surface area contributed by atoms with E-state index >= 15 is 0 Å². The van der Waals surface area contributed by atoms with Crippen LogP contribution in [-0.2, 0) is 6.42 Å². The van der Waals surface area contributed by atoms with Crippen LogP contribution in [-0.4, -0.2) is 54.6 Å². The summed E-state index contributed by atoms with van der Waals surface area (Å²) in [5.41, 5.74) is 5.55. The van der Waals surface area contributed by atoms with Crippen molar-refractivity contribution in [2.24, 2.45) is 5.73 Å². The van der Waals surface area contributed by atoms with Gasteiger partial charge in [0.05, 0.1) is 0 Å². The smallest absolute Gasteiger partial charge is 0.132 e. The second-order valence-corrected chi connectivity index (χ2v) is 5.02. The Balaban J connectivity index is 2.03. The first kappa shape index (κ1) is 13.2. The van der Waals surface area contributed by atoms with Gasteiger partial charge in [0.25, 0.3) is 0 Å². The third kappa shape index (κ3) is 3.17. The Morgan fingerprint density at radius 3 is 2.83 bits per heavy atom. The highest BCUT2D eigenvalue weighted by Gasteiger charge is 2.21. The first-order valence-electron chi connectivity index (χ1n) is 6.64. The Morgan fingerprint density at radius 1 is 1.44 bits per heavy atom. The molecule has 5 heteroatoms. The van der Waals surface area contributed by atoms with E-state index in [1.54, 1.807) is 0 Å². The minimum atomic E-state index is 0.585. The lowest BCUT2D eigenvalue weighted by molar-refractivity contribution is 0.252. The normalized spacial score (nSPS) is 17.9. The first-order valence-corrected chi connectivity index (χ1v) is 6.64. The molecule has 1 aliphatic heterocycles. The largest absolute Gasteiger partial charge is 0.356 e. The first-order chi connectivity index (χ1) is 8.70. The summed E-state index contributed by atoms with van der Waals surface area (Å²) in [6.07, 6.45) is 4.97. The number of hydrogen-bond donors (Lipinski definition) is 1. The zero-order chi connectivity index (χ0) is 13.0. The summed E-state index contributed by atoms with van der Waals surface area (Å²) in [6.45, 7) is 2.92. The molecule has 1 aliphatic rings. The van der Waals surface area contributed by atoms with Crippen molar-refractivity contribution < 1.29 is 0 Å². The zero-order valence-electron chi connectivity index (χ0n) is 11.3. The summed E-state index contributed by atoms with van der Waals surface area (Å²) < 4.78 is 0. The standard InChI is InChI=1S/C13H23N5/c1-17-9-5-11(6-10-17)18(2)13-4-8-15-12(16-13)3-7-14/h4,8,11H,3,5-7,9-10,14H2,1-2H3. The van der Waals surface area contributed by atoms with Gasteiger partial charge in [-0.25, -0.2) is 9.97 Å². The molecule has 0 aromatic carbocycles. The topological polar surface area (TPSA) is 58.3 Å². The van der Waals surface area contributed by atoms with Crippen LogP contribution in [0.2, 0.25) is 0 Å². The van der Waals surface area contributed by atoms with Crippen LogP contribution in [0.5, 0.6) is 0 Å². The number of hydrogen-bond acceptors (Lipinski definition) is 5. The van der Waals surface area contributed by atoms with Crippen LogP contribution in [0.25, 0.3) is 0 Å². The third-order valence-corrected chi connectivity index (χ3v) is 3.66. The predicted molar refractivity (Wildman–Crippen MR) is 73.7 cm³/mol. The van der Waals surface area contributed by atoms with E-state index in [0.29, 0.717) is 12.6 Å². The lowest BCUT2D eigenvalue weighted by atomic mass is 10.0. The fourth-order valence-electron chi connectivity index (χ4n) is 2.40. The number of nitrogens with zero attached hydrogens (tertiary/aromatic N) is 4. The number of piperidine rings is 1. The van der Waals surface area contributed by atoms with E-state index in [4.69, 9.17) is 5.73 Å². The van der Waals surface area contributed by atoms with E-state index in [-0.39, 0.29) is 0 Å². The van der Waals surface area contributed by atoms with Crippen LogP contribution >= 0.6 is 0 Å². The molecule has 0 bridgehead atoms. The highest BCUT2D eigenvalue weighted by molar-refractivity contribution is 5.37. The minimum absolute atomic E-state index is 0.585. The molecule has 0 aliphatic carbocycles. The van der Waals surface area contributed by atoms with Gasteiger partial charge in [-0.1, -0.05) is 0 Å². The number of rotatable bonds is 4. The summed E-state index contributed by atoms with van der Waals surface area (Å²) in [5, 5.41) is 0. The number of likely N-dealkylation sites (tertiary alicyclic amines) is 1. The molecular formula is C13H23N5. The van der Waals surface area contributed by atoms with Crippen LogP contribution in [0.1, 0.15) is 18.7 Å². The molecule has 0 amide bonds. The molecule has 2 heterocycles. The van der Waals surface area contributed by atoms with E-state index < -0.39 is 0 Å². The molecule has 0 atom stereocenters. The summed E-state index contributed by atoms with van der Waals surface area (Å²) in [6, 6.07) is 2.57. The summed E-state index contributed by atoms with van der Waals surface area (Å²) in [4.78, 5) is 13.5. The summed E-state index contributed by atoms with van der Waals surface area (Å²) in [5.74, 6) is 1.86. The molecule has 100 valence electrons. The van der Waals surface area contributed by atoms with Crippen LogP contribution in [0.4, 0.5) is 5.82 Å². The molecular weight excluding hydrogens is 226 g/mol. The summed E-state index contributed by atoms with van der Waals surface area (Å²) in [7, 11) is 4.31. The second-order valence-electron chi connectivity index (χ2n) is 5.02. The maximum absolute atomic E-state index is 5.55. The predicted octanol–water partition coefficient (Wildman–Crippen LogP) is 0.508. The SMILES string of the molecule is CN1CCC(N(C)c2ccnc(CCN)n2)CC1. The van der Waals surface area contributed by atoms with E-state index in [0.717, 1.165) is 31.2 Å².